The van der Waals surface area contributed by atoms with E-state index in [-0.39, 0.29) is 18.6 Å². The van der Waals surface area contributed by atoms with Crippen molar-refractivity contribution in [3.8, 4) is 0 Å². The lowest BCUT2D eigenvalue weighted by molar-refractivity contribution is -0.121. The van der Waals surface area contributed by atoms with Gasteiger partial charge in [0.1, 0.15) is 6.61 Å². The number of rotatable bonds is 4. The number of nitrogens with one attached hydrogen (secondary N) is 1. The lowest BCUT2D eigenvalue weighted by Crippen LogP contribution is -2.21. The van der Waals surface area contributed by atoms with Gasteiger partial charge in [-0.2, -0.15) is 0 Å². The van der Waals surface area contributed by atoms with E-state index in [2.05, 4.69) is 5.32 Å². The van der Waals surface area contributed by atoms with Crippen molar-refractivity contribution in [3.05, 3.63) is 22.7 Å². The summed E-state index contributed by atoms with van der Waals surface area (Å²) in [5.41, 5.74) is 7.67. The highest BCUT2D eigenvalue weighted by Crippen LogP contribution is 2.26. The molecule has 1 aromatic rings. The molecule has 94 valence electrons. The fourth-order valence-electron chi connectivity index (χ4n) is 1.27. The zero-order valence-corrected chi connectivity index (χ0v) is 11.0. The highest BCUT2D eigenvalue weighted by molar-refractivity contribution is 6.33. The Morgan fingerprint density at radius 3 is 2.76 bits per heavy atom. The van der Waals surface area contributed by atoms with Crippen LogP contribution in [0.2, 0.25) is 5.02 Å². The van der Waals surface area contributed by atoms with Crippen LogP contribution in [0.5, 0.6) is 0 Å². The molecule has 5 heteroatoms. The van der Waals surface area contributed by atoms with Crippen LogP contribution in [0.3, 0.4) is 0 Å². The quantitative estimate of drug-likeness (QED) is 0.814. The smallest absolute Gasteiger partial charge is 0.250 e. The number of carbonyl (C=O) groups is 1. The van der Waals surface area contributed by atoms with Crippen LogP contribution in [-0.2, 0) is 9.53 Å². The van der Waals surface area contributed by atoms with Crippen LogP contribution in [0.15, 0.2) is 12.1 Å². The van der Waals surface area contributed by atoms with E-state index in [4.69, 9.17) is 22.1 Å². The van der Waals surface area contributed by atoms with Crippen LogP contribution in [-0.4, -0.2) is 18.6 Å². The molecule has 0 bridgehead atoms. The molecule has 1 rings (SSSR count). The molecule has 0 radical (unpaired) electrons. The van der Waals surface area contributed by atoms with Gasteiger partial charge < -0.3 is 15.8 Å². The van der Waals surface area contributed by atoms with Crippen LogP contribution in [0.1, 0.15) is 19.4 Å². The summed E-state index contributed by atoms with van der Waals surface area (Å²) in [5, 5.41) is 3.16. The molecule has 0 fully saturated rings. The van der Waals surface area contributed by atoms with Crippen LogP contribution in [0.25, 0.3) is 0 Å². The number of benzene rings is 1. The minimum absolute atomic E-state index is 0.0249. The van der Waals surface area contributed by atoms with Gasteiger partial charge in [-0.15, -0.1) is 0 Å². The first-order chi connectivity index (χ1) is 7.90. The largest absolute Gasteiger partial charge is 0.398 e. The van der Waals surface area contributed by atoms with Gasteiger partial charge in [0.2, 0.25) is 5.91 Å². The van der Waals surface area contributed by atoms with Crippen molar-refractivity contribution < 1.29 is 9.53 Å². The molecule has 0 aromatic heterocycles. The predicted molar refractivity (Wildman–Crippen MR) is 70.3 cm³/mol. The highest BCUT2D eigenvalue weighted by Gasteiger charge is 2.08. The van der Waals surface area contributed by atoms with E-state index in [1.165, 1.54) is 0 Å². The molecule has 0 aliphatic rings. The van der Waals surface area contributed by atoms with Crippen LogP contribution in [0, 0.1) is 6.92 Å². The van der Waals surface area contributed by atoms with Gasteiger partial charge in [-0.05, 0) is 38.5 Å². The molecular formula is C12H17ClN2O2. The second-order valence-electron chi connectivity index (χ2n) is 4.10. The van der Waals surface area contributed by atoms with Crippen molar-refractivity contribution in [2.45, 2.75) is 26.9 Å². The highest BCUT2D eigenvalue weighted by atomic mass is 35.5. The molecule has 0 aliphatic heterocycles. The summed E-state index contributed by atoms with van der Waals surface area (Å²) in [4.78, 5) is 11.6. The SMILES string of the molecule is Cc1cc(N)c(Cl)cc1NC(=O)COC(C)C. The molecular weight excluding hydrogens is 240 g/mol. The minimum atomic E-state index is -0.206. The first kappa shape index (κ1) is 13.8. The zero-order valence-electron chi connectivity index (χ0n) is 10.2. The van der Waals surface area contributed by atoms with Gasteiger partial charge in [-0.1, -0.05) is 11.6 Å². The molecule has 0 unspecified atom stereocenters. The fraction of sp³-hybridized carbons (Fsp3) is 0.417. The van der Waals surface area contributed by atoms with E-state index in [9.17, 15) is 4.79 Å². The maximum atomic E-state index is 11.6. The molecule has 0 saturated heterocycles. The number of nitrogens with two attached hydrogens (primary N) is 1. The summed E-state index contributed by atoms with van der Waals surface area (Å²) in [6.45, 7) is 5.63. The van der Waals surface area contributed by atoms with E-state index < -0.39 is 0 Å². The molecule has 1 aromatic carbocycles. The van der Waals surface area contributed by atoms with E-state index in [1.54, 1.807) is 12.1 Å². The number of amides is 1. The van der Waals surface area contributed by atoms with Gasteiger partial charge in [0.25, 0.3) is 0 Å². The molecule has 3 N–H and O–H groups in total. The summed E-state index contributed by atoms with van der Waals surface area (Å²) < 4.78 is 5.20. The normalized spacial score (nSPS) is 10.6. The van der Waals surface area contributed by atoms with Crippen molar-refractivity contribution in [1.82, 2.24) is 0 Å². The standard InChI is InChI=1S/C12H17ClN2O2/c1-7(2)17-6-12(16)15-11-5-9(13)10(14)4-8(11)3/h4-5,7H,6,14H2,1-3H3,(H,15,16). The van der Waals surface area contributed by atoms with E-state index in [0.717, 1.165) is 5.56 Å². The number of carbonyl (C=O) groups excluding carboxylic acids is 1. The van der Waals surface area contributed by atoms with Crippen molar-refractivity contribution in [2.75, 3.05) is 17.7 Å². The summed E-state index contributed by atoms with van der Waals surface area (Å²) in [7, 11) is 0. The molecule has 0 aliphatic carbocycles. The van der Waals surface area contributed by atoms with Gasteiger partial charge in [0.05, 0.1) is 16.8 Å². The van der Waals surface area contributed by atoms with Gasteiger partial charge in [-0.3, -0.25) is 4.79 Å². The Hall–Kier alpha value is -1.26. The maximum absolute atomic E-state index is 11.6. The first-order valence-electron chi connectivity index (χ1n) is 5.37. The van der Waals surface area contributed by atoms with Gasteiger partial charge in [0, 0.05) is 5.69 Å². The van der Waals surface area contributed by atoms with Crippen molar-refractivity contribution >= 4 is 28.9 Å². The Morgan fingerprint density at radius 1 is 1.53 bits per heavy atom. The molecule has 1 amide bonds. The first-order valence-corrected chi connectivity index (χ1v) is 5.75. The average Bonchev–Trinajstić information content (AvgIpc) is 2.23. The van der Waals surface area contributed by atoms with E-state index in [0.29, 0.717) is 16.4 Å². The van der Waals surface area contributed by atoms with Crippen LogP contribution < -0.4 is 11.1 Å². The van der Waals surface area contributed by atoms with Gasteiger partial charge in [-0.25, -0.2) is 0 Å². The molecule has 4 nitrogen and oxygen atoms in total. The second kappa shape index (κ2) is 5.89. The number of anilines is 2. The zero-order chi connectivity index (χ0) is 13.0. The number of hydrogen-bond donors (Lipinski definition) is 2. The maximum Gasteiger partial charge on any atom is 0.250 e. The second-order valence-corrected chi connectivity index (χ2v) is 4.50. The number of aryl methyl sites for hydroxylation is 1. The topological polar surface area (TPSA) is 64.3 Å². The Morgan fingerprint density at radius 2 is 2.18 bits per heavy atom. The summed E-state index contributed by atoms with van der Waals surface area (Å²) in [5.74, 6) is -0.206. The van der Waals surface area contributed by atoms with Gasteiger partial charge in [0.15, 0.2) is 0 Å². The average molecular weight is 257 g/mol. The minimum Gasteiger partial charge on any atom is -0.398 e. The molecule has 0 spiro atoms. The lowest BCUT2D eigenvalue weighted by Gasteiger charge is -2.11. The van der Waals surface area contributed by atoms with Crippen molar-refractivity contribution in [3.63, 3.8) is 0 Å². The van der Waals surface area contributed by atoms with E-state index in [1.807, 2.05) is 20.8 Å². The summed E-state index contributed by atoms with van der Waals surface area (Å²) >= 11 is 5.89. The van der Waals surface area contributed by atoms with Crippen molar-refractivity contribution in [1.29, 1.82) is 0 Å². The third-order valence-electron chi connectivity index (χ3n) is 2.17. The number of nitrogen functional groups attached to an aromatic ring is 1. The number of halogens is 1. The Kier molecular flexibility index (Phi) is 4.78. The monoisotopic (exact) mass is 256 g/mol. The summed E-state index contributed by atoms with van der Waals surface area (Å²) in [6.07, 6.45) is 0.0249. The molecule has 0 heterocycles. The third-order valence-corrected chi connectivity index (χ3v) is 2.49. The third kappa shape index (κ3) is 4.24. The Balaban J connectivity index is 2.68. The van der Waals surface area contributed by atoms with Crippen molar-refractivity contribution in [2.24, 2.45) is 0 Å². The summed E-state index contributed by atoms with van der Waals surface area (Å²) in [6, 6.07) is 3.36. The molecule has 0 saturated carbocycles. The Labute approximate surface area is 106 Å². The van der Waals surface area contributed by atoms with Gasteiger partial charge >= 0.3 is 0 Å². The fourth-order valence-corrected chi connectivity index (χ4v) is 1.43. The Bertz CT molecular complexity index is 419. The lowest BCUT2D eigenvalue weighted by atomic mass is 10.2. The number of ether oxygens (including phenoxy) is 1. The van der Waals surface area contributed by atoms with E-state index >= 15 is 0 Å². The molecule has 17 heavy (non-hydrogen) atoms. The van der Waals surface area contributed by atoms with Crippen LogP contribution >= 0.6 is 11.6 Å². The predicted octanol–water partition coefficient (Wildman–Crippen LogP) is 2.59. The molecule has 0 atom stereocenters. The number of hydrogen-bond acceptors (Lipinski definition) is 3. The van der Waals surface area contributed by atoms with Crippen LogP contribution in [0.4, 0.5) is 11.4 Å².